The molecule has 1 aliphatic rings. The van der Waals surface area contributed by atoms with Gasteiger partial charge in [0.15, 0.2) is 11.5 Å². The third kappa shape index (κ3) is 6.15. The fourth-order valence-corrected chi connectivity index (χ4v) is 4.50. The van der Waals surface area contributed by atoms with E-state index in [0.717, 1.165) is 41.6 Å². The Morgan fingerprint density at radius 1 is 1.05 bits per heavy atom. The van der Waals surface area contributed by atoms with Crippen molar-refractivity contribution < 1.29 is 18.8 Å². The minimum absolute atomic E-state index is 0. The molecule has 38 heavy (non-hydrogen) atoms. The maximum absolute atomic E-state index is 12.9. The van der Waals surface area contributed by atoms with Crippen LogP contribution in [0.15, 0.2) is 65.2 Å². The molecule has 0 saturated carbocycles. The number of carbonyl (C=O) groups is 1. The van der Waals surface area contributed by atoms with Gasteiger partial charge in [-0.25, -0.2) is 0 Å². The Bertz CT molecular complexity index is 1400. The van der Waals surface area contributed by atoms with E-state index in [1.54, 1.807) is 26.2 Å². The van der Waals surface area contributed by atoms with Gasteiger partial charge in [-0.15, -0.1) is 12.4 Å². The van der Waals surface area contributed by atoms with Crippen LogP contribution in [0, 0.1) is 13.8 Å². The fraction of sp³-hybridized carbons (Fsp3) is 0.276. The highest BCUT2D eigenvalue weighted by atomic mass is 35.5. The number of carbonyl (C=O) groups excluding carboxylic acids is 1. The van der Waals surface area contributed by atoms with Gasteiger partial charge >= 0.3 is 0 Å². The van der Waals surface area contributed by atoms with Crippen LogP contribution < -0.4 is 20.1 Å². The van der Waals surface area contributed by atoms with Gasteiger partial charge in [0.2, 0.25) is 11.7 Å². The molecule has 4 aromatic rings. The second-order valence-electron chi connectivity index (χ2n) is 9.17. The lowest BCUT2D eigenvalue weighted by Crippen LogP contribution is -2.28. The second kappa shape index (κ2) is 12.1. The van der Waals surface area contributed by atoms with Crippen molar-refractivity contribution in [2.45, 2.75) is 32.7 Å². The predicted molar refractivity (Wildman–Crippen MR) is 149 cm³/mol. The van der Waals surface area contributed by atoms with Crippen molar-refractivity contribution in [1.29, 1.82) is 0 Å². The summed E-state index contributed by atoms with van der Waals surface area (Å²) in [6.07, 6.45) is 2.25. The van der Waals surface area contributed by atoms with E-state index in [9.17, 15) is 4.79 Å². The number of methoxy groups -OCH3 is 1. The third-order valence-electron chi connectivity index (χ3n) is 6.49. The molecule has 9 heteroatoms. The Balaban J connectivity index is 0.00000336. The van der Waals surface area contributed by atoms with Gasteiger partial charge < -0.3 is 24.6 Å². The number of nitrogens with one attached hydrogen (secondary N) is 2. The molecule has 3 aromatic carbocycles. The molecule has 198 valence electrons. The number of hydrogen-bond acceptors (Lipinski definition) is 7. The first-order valence-corrected chi connectivity index (χ1v) is 12.4. The third-order valence-corrected chi connectivity index (χ3v) is 6.49. The lowest BCUT2D eigenvalue weighted by Gasteiger charge is -2.16. The van der Waals surface area contributed by atoms with E-state index in [1.807, 2.05) is 55.5 Å². The number of aromatic nitrogens is 2. The maximum atomic E-state index is 12.9. The van der Waals surface area contributed by atoms with Crippen molar-refractivity contribution in [3.63, 3.8) is 0 Å². The van der Waals surface area contributed by atoms with Crippen molar-refractivity contribution in [2.75, 3.05) is 25.6 Å². The number of benzene rings is 3. The molecule has 2 heterocycles. The summed E-state index contributed by atoms with van der Waals surface area (Å²) in [6, 6.07) is 19.3. The molecule has 2 N–H and O–H groups in total. The van der Waals surface area contributed by atoms with Crippen molar-refractivity contribution in [1.82, 2.24) is 15.5 Å². The van der Waals surface area contributed by atoms with E-state index in [1.165, 1.54) is 0 Å². The van der Waals surface area contributed by atoms with Crippen LogP contribution in [-0.2, 0) is 0 Å². The van der Waals surface area contributed by atoms with E-state index in [4.69, 9.17) is 14.0 Å². The Morgan fingerprint density at radius 3 is 2.50 bits per heavy atom. The molecule has 0 aliphatic carbocycles. The largest absolute Gasteiger partial charge is 0.493 e. The lowest BCUT2D eigenvalue weighted by molar-refractivity contribution is 0.102. The number of halogens is 1. The minimum atomic E-state index is -0.195. The van der Waals surface area contributed by atoms with Crippen LogP contribution >= 0.6 is 12.4 Å². The predicted octanol–water partition coefficient (Wildman–Crippen LogP) is 5.83. The summed E-state index contributed by atoms with van der Waals surface area (Å²) in [4.78, 5) is 17.2. The van der Waals surface area contributed by atoms with Gasteiger partial charge in [0.1, 0.15) is 6.61 Å². The molecule has 1 aliphatic heterocycles. The zero-order valence-electron chi connectivity index (χ0n) is 21.6. The molecule has 1 fully saturated rings. The molecule has 1 aromatic heterocycles. The molecule has 1 saturated heterocycles. The summed E-state index contributed by atoms with van der Waals surface area (Å²) in [5.41, 5.74) is 5.28. The zero-order chi connectivity index (χ0) is 25.8. The van der Waals surface area contributed by atoms with Crippen LogP contribution in [0.25, 0.3) is 22.5 Å². The number of amides is 1. The van der Waals surface area contributed by atoms with Crippen LogP contribution in [0.1, 0.15) is 34.7 Å². The molecule has 1 unspecified atom stereocenters. The number of nitrogens with zero attached hydrogens (tertiary/aromatic N) is 2. The molecule has 0 radical (unpaired) electrons. The van der Waals surface area contributed by atoms with Gasteiger partial charge in [-0.3, -0.25) is 4.79 Å². The van der Waals surface area contributed by atoms with Gasteiger partial charge in [0, 0.05) is 35.8 Å². The molecule has 8 nitrogen and oxygen atoms in total. The summed E-state index contributed by atoms with van der Waals surface area (Å²) in [7, 11) is 1.61. The maximum Gasteiger partial charge on any atom is 0.255 e. The van der Waals surface area contributed by atoms with Crippen LogP contribution in [0.4, 0.5) is 5.69 Å². The van der Waals surface area contributed by atoms with Crippen molar-refractivity contribution in [2.24, 2.45) is 0 Å². The Kier molecular flexibility index (Phi) is 8.66. The normalized spacial score (nSPS) is 14.6. The Hall–Kier alpha value is -3.88. The topological polar surface area (TPSA) is 98.5 Å². The second-order valence-corrected chi connectivity index (χ2v) is 9.17. The first-order valence-electron chi connectivity index (χ1n) is 12.4. The molecular weight excluding hydrogens is 504 g/mol. The number of anilines is 1. The van der Waals surface area contributed by atoms with E-state index in [2.05, 4.69) is 20.8 Å². The summed E-state index contributed by atoms with van der Waals surface area (Å²) in [6.45, 7) is 5.39. The smallest absolute Gasteiger partial charge is 0.255 e. The van der Waals surface area contributed by atoms with Crippen LogP contribution in [-0.4, -0.2) is 42.4 Å². The zero-order valence-corrected chi connectivity index (χ0v) is 22.4. The lowest BCUT2D eigenvalue weighted by atomic mass is 9.97. The summed E-state index contributed by atoms with van der Waals surface area (Å²) >= 11 is 0. The quantitative estimate of drug-likeness (QED) is 0.293. The number of rotatable bonds is 8. The first kappa shape index (κ1) is 27.2. The minimum Gasteiger partial charge on any atom is -0.493 e. The number of hydrogen-bond donors (Lipinski definition) is 2. The fourth-order valence-electron chi connectivity index (χ4n) is 4.50. The number of aryl methyl sites for hydroxylation is 2. The van der Waals surface area contributed by atoms with Gasteiger partial charge in [-0.2, -0.15) is 4.98 Å². The van der Waals surface area contributed by atoms with Crippen LogP contribution in [0.2, 0.25) is 0 Å². The standard InChI is InChI=1S/C29H30N4O4.ClH/c1-18-15-22(28-31-19(2)37-33-28)10-12-25(18)20-6-8-21(9-7-20)29(34)32-23-11-13-26(35-3)27(16-23)36-17-24-5-4-14-30-24;/h6-13,15-16,24,30H,4-5,14,17H2,1-3H3,(H,32,34);1H. The van der Waals surface area contributed by atoms with Gasteiger partial charge in [-0.05, 0) is 73.3 Å². The van der Waals surface area contributed by atoms with E-state index >= 15 is 0 Å². The Labute approximate surface area is 228 Å². The van der Waals surface area contributed by atoms with Crippen LogP contribution in [0.3, 0.4) is 0 Å². The Morgan fingerprint density at radius 2 is 1.84 bits per heavy atom. The first-order chi connectivity index (χ1) is 18.0. The highest BCUT2D eigenvalue weighted by molar-refractivity contribution is 6.04. The SMILES string of the molecule is COc1ccc(NC(=O)c2ccc(-c3ccc(-c4noc(C)n4)cc3C)cc2)cc1OCC1CCCN1.Cl. The summed E-state index contributed by atoms with van der Waals surface area (Å²) in [5.74, 6) is 2.15. The molecular formula is C29H31ClN4O4. The van der Waals surface area contributed by atoms with Crippen LogP contribution in [0.5, 0.6) is 11.5 Å². The van der Waals surface area contributed by atoms with E-state index in [-0.39, 0.29) is 18.3 Å². The van der Waals surface area contributed by atoms with Gasteiger partial charge in [-0.1, -0.05) is 29.4 Å². The average molecular weight is 535 g/mol. The highest BCUT2D eigenvalue weighted by Crippen LogP contribution is 2.31. The molecule has 5 rings (SSSR count). The van der Waals surface area contributed by atoms with Gasteiger partial charge in [0.25, 0.3) is 5.91 Å². The van der Waals surface area contributed by atoms with E-state index < -0.39 is 0 Å². The monoisotopic (exact) mass is 534 g/mol. The van der Waals surface area contributed by atoms with E-state index in [0.29, 0.717) is 47.1 Å². The highest BCUT2D eigenvalue weighted by Gasteiger charge is 2.17. The van der Waals surface area contributed by atoms with Crippen molar-refractivity contribution >= 4 is 24.0 Å². The summed E-state index contributed by atoms with van der Waals surface area (Å²) < 4.78 is 16.5. The van der Waals surface area contributed by atoms with Gasteiger partial charge in [0.05, 0.1) is 7.11 Å². The molecule has 1 amide bonds. The average Bonchev–Trinajstić information content (AvgIpc) is 3.59. The summed E-state index contributed by atoms with van der Waals surface area (Å²) in [5, 5.41) is 10.4. The molecule has 1 atom stereocenters. The van der Waals surface area contributed by atoms with Crippen molar-refractivity contribution in [3.05, 3.63) is 77.7 Å². The molecule has 0 spiro atoms. The number of ether oxygens (including phenoxy) is 2. The molecule has 0 bridgehead atoms. The van der Waals surface area contributed by atoms with Crippen molar-refractivity contribution in [3.8, 4) is 34.0 Å².